The van der Waals surface area contributed by atoms with Crippen LogP contribution < -0.4 is 10.2 Å². The summed E-state index contributed by atoms with van der Waals surface area (Å²) in [6, 6.07) is 7.64. The zero-order valence-corrected chi connectivity index (χ0v) is 16.6. The number of nitrogens with zero attached hydrogens (tertiary/aromatic N) is 4. The average molecular weight is 390 g/mol. The van der Waals surface area contributed by atoms with Gasteiger partial charge in [0.15, 0.2) is 0 Å². The molecule has 1 aromatic carbocycles. The molecule has 0 atom stereocenters. The van der Waals surface area contributed by atoms with Crippen molar-refractivity contribution in [2.75, 3.05) is 43.0 Å². The molecule has 1 saturated heterocycles. The number of carbonyl (C=O) groups is 1. The molecule has 144 valence electrons. The summed E-state index contributed by atoms with van der Waals surface area (Å²) >= 11 is 6.20. The Bertz CT molecular complexity index is 822. The number of benzene rings is 1. The highest BCUT2D eigenvalue weighted by Crippen LogP contribution is 2.26. The first-order valence-electron chi connectivity index (χ1n) is 9.02. The van der Waals surface area contributed by atoms with Crippen molar-refractivity contribution in [2.45, 2.75) is 20.8 Å². The third-order valence-corrected chi connectivity index (χ3v) is 4.87. The van der Waals surface area contributed by atoms with E-state index in [9.17, 15) is 4.79 Å². The summed E-state index contributed by atoms with van der Waals surface area (Å²) in [5, 5.41) is 4.04. The molecule has 1 fully saturated rings. The van der Waals surface area contributed by atoms with Gasteiger partial charge in [-0.25, -0.2) is 9.78 Å². The van der Waals surface area contributed by atoms with Crippen LogP contribution in [0.2, 0.25) is 5.02 Å². The molecule has 0 aliphatic carbocycles. The predicted octanol–water partition coefficient (Wildman–Crippen LogP) is 3.77. The van der Waals surface area contributed by atoms with Crippen LogP contribution in [0.4, 0.5) is 22.2 Å². The van der Waals surface area contributed by atoms with Gasteiger partial charge < -0.3 is 19.9 Å². The first-order valence-corrected chi connectivity index (χ1v) is 9.40. The lowest BCUT2D eigenvalue weighted by Gasteiger charge is -2.34. The van der Waals surface area contributed by atoms with E-state index in [-0.39, 0.29) is 6.09 Å². The standard InChI is InChI=1S/C19H24ClN5O2/c1-4-27-19(26)25-10-8-24(9-11-25)18-21-13(2)12-17(23-18)22-16-7-5-6-15(20)14(16)3/h5-7,12H,4,8-11H2,1-3H3,(H,21,22,23). The highest BCUT2D eigenvalue weighted by molar-refractivity contribution is 6.31. The van der Waals surface area contributed by atoms with E-state index in [1.54, 1.807) is 4.90 Å². The van der Waals surface area contributed by atoms with Crippen LogP contribution >= 0.6 is 11.6 Å². The number of amides is 1. The Morgan fingerprint density at radius 2 is 1.96 bits per heavy atom. The minimum atomic E-state index is -0.263. The molecule has 0 bridgehead atoms. The largest absolute Gasteiger partial charge is 0.450 e. The van der Waals surface area contributed by atoms with Gasteiger partial charge in [-0.3, -0.25) is 0 Å². The van der Waals surface area contributed by atoms with Crippen LogP contribution in [0, 0.1) is 13.8 Å². The van der Waals surface area contributed by atoms with Gasteiger partial charge in [0, 0.05) is 48.6 Å². The minimum absolute atomic E-state index is 0.263. The number of ether oxygens (including phenoxy) is 1. The second kappa shape index (κ2) is 8.43. The van der Waals surface area contributed by atoms with Gasteiger partial charge in [-0.1, -0.05) is 17.7 Å². The number of carbonyl (C=O) groups excluding carboxylic acids is 1. The average Bonchev–Trinajstić information content (AvgIpc) is 2.65. The molecule has 8 heteroatoms. The van der Waals surface area contributed by atoms with Gasteiger partial charge in [0.2, 0.25) is 5.95 Å². The molecule has 1 aliphatic rings. The number of anilines is 3. The number of piperazine rings is 1. The third-order valence-electron chi connectivity index (χ3n) is 4.46. The smallest absolute Gasteiger partial charge is 0.409 e. The van der Waals surface area contributed by atoms with Crippen LogP contribution in [-0.2, 0) is 4.74 Å². The van der Waals surface area contributed by atoms with Gasteiger partial charge >= 0.3 is 6.09 Å². The Kier molecular flexibility index (Phi) is 6.01. The quantitative estimate of drug-likeness (QED) is 0.858. The molecule has 1 N–H and O–H groups in total. The Morgan fingerprint density at radius 1 is 1.22 bits per heavy atom. The van der Waals surface area contributed by atoms with E-state index in [1.165, 1.54) is 0 Å². The minimum Gasteiger partial charge on any atom is -0.450 e. The van der Waals surface area contributed by atoms with Crippen LogP contribution in [0.25, 0.3) is 0 Å². The molecule has 1 aromatic heterocycles. The molecular weight excluding hydrogens is 366 g/mol. The molecule has 7 nitrogen and oxygen atoms in total. The van der Waals surface area contributed by atoms with Gasteiger partial charge in [0.05, 0.1) is 6.61 Å². The van der Waals surface area contributed by atoms with Crippen molar-refractivity contribution in [1.82, 2.24) is 14.9 Å². The fraction of sp³-hybridized carbons (Fsp3) is 0.421. The normalized spacial score (nSPS) is 14.2. The molecule has 1 amide bonds. The Labute approximate surface area is 164 Å². The molecule has 0 radical (unpaired) electrons. The molecule has 0 saturated carbocycles. The lowest BCUT2D eigenvalue weighted by atomic mass is 10.2. The number of aromatic nitrogens is 2. The van der Waals surface area contributed by atoms with Crippen LogP contribution in [-0.4, -0.2) is 53.7 Å². The molecule has 3 rings (SSSR count). The first kappa shape index (κ1) is 19.2. The Hall–Kier alpha value is -2.54. The zero-order chi connectivity index (χ0) is 19.4. The number of halogens is 1. The van der Waals surface area contributed by atoms with Crippen molar-refractivity contribution < 1.29 is 9.53 Å². The molecule has 0 spiro atoms. The van der Waals surface area contributed by atoms with E-state index in [0.29, 0.717) is 43.8 Å². The van der Waals surface area contributed by atoms with Crippen LogP contribution in [0.3, 0.4) is 0 Å². The second-order valence-corrected chi connectivity index (χ2v) is 6.81. The van der Waals surface area contributed by atoms with Crippen molar-refractivity contribution in [3.63, 3.8) is 0 Å². The monoisotopic (exact) mass is 389 g/mol. The fourth-order valence-corrected chi connectivity index (χ4v) is 3.12. The maximum atomic E-state index is 11.8. The third kappa shape index (κ3) is 4.60. The van der Waals surface area contributed by atoms with Gasteiger partial charge in [0.1, 0.15) is 5.82 Å². The summed E-state index contributed by atoms with van der Waals surface area (Å²) in [7, 11) is 0. The molecule has 2 heterocycles. The summed E-state index contributed by atoms with van der Waals surface area (Å²) in [5.74, 6) is 1.37. The van der Waals surface area contributed by atoms with E-state index in [0.717, 1.165) is 22.8 Å². The number of hydrogen-bond acceptors (Lipinski definition) is 6. The topological polar surface area (TPSA) is 70.6 Å². The lowest BCUT2D eigenvalue weighted by molar-refractivity contribution is 0.105. The van der Waals surface area contributed by atoms with Crippen molar-refractivity contribution in [3.05, 3.63) is 40.5 Å². The molecule has 0 unspecified atom stereocenters. The van der Waals surface area contributed by atoms with E-state index >= 15 is 0 Å². The lowest BCUT2D eigenvalue weighted by Crippen LogP contribution is -2.49. The molecule has 1 aliphatic heterocycles. The summed E-state index contributed by atoms with van der Waals surface area (Å²) < 4.78 is 5.06. The number of rotatable bonds is 4. The van der Waals surface area contributed by atoms with Crippen LogP contribution in [0.5, 0.6) is 0 Å². The van der Waals surface area contributed by atoms with Crippen molar-refractivity contribution in [3.8, 4) is 0 Å². The second-order valence-electron chi connectivity index (χ2n) is 6.40. The highest BCUT2D eigenvalue weighted by Gasteiger charge is 2.23. The van der Waals surface area contributed by atoms with Gasteiger partial charge in [0.25, 0.3) is 0 Å². The molecular formula is C19H24ClN5O2. The summed E-state index contributed by atoms with van der Waals surface area (Å²) in [6.45, 7) is 8.61. The first-order chi connectivity index (χ1) is 13.0. The summed E-state index contributed by atoms with van der Waals surface area (Å²) in [4.78, 5) is 24.9. The fourth-order valence-electron chi connectivity index (χ4n) is 2.94. The van der Waals surface area contributed by atoms with Gasteiger partial charge in [-0.2, -0.15) is 4.98 Å². The van der Waals surface area contributed by atoms with Crippen LogP contribution in [0.15, 0.2) is 24.3 Å². The van der Waals surface area contributed by atoms with Crippen molar-refractivity contribution >= 4 is 35.1 Å². The Balaban J connectivity index is 1.73. The maximum Gasteiger partial charge on any atom is 0.409 e. The predicted molar refractivity (Wildman–Crippen MR) is 107 cm³/mol. The number of aryl methyl sites for hydroxylation is 1. The zero-order valence-electron chi connectivity index (χ0n) is 15.8. The SMILES string of the molecule is CCOC(=O)N1CCN(c2nc(C)cc(Nc3cccc(Cl)c3C)n2)CC1. The molecule has 27 heavy (non-hydrogen) atoms. The van der Waals surface area contributed by atoms with Gasteiger partial charge in [-0.05, 0) is 38.5 Å². The van der Waals surface area contributed by atoms with E-state index < -0.39 is 0 Å². The Morgan fingerprint density at radius 3 is 2.67 bits per heavy atom. The highest BCUT2D eigenvalue weighted by atomic mass is 35.5. The van der Waals surface area contributed by atoms with E-state index in [4.69, 9.17) is 16.3 Å². The van der Waals surface area contributed by atoms with E-state index in [2.05, 4.69) is 20.2 Å². The number of nitrogens with one attached hydrogen (secondary N) is 1. The van der Waals surface area contributed by atoms with Crippen molar-refractivity contribution in [1.29, 1.82) is 0 Å². The van der Waals surface area contributed by atoms with Crippen molar-refractivity contribution in [2.24, 2.45) is 0 Å². The van der Waals surface area contributed by atoms with Crippen LogP contribution in [0.1, 0.15) is 18.2 Å². The molecule has 2 aromatic rings. The maximum absolute atomic E-state index is 11.8. The summed E-state index contributed by atoms with van der Waals surface area (Å²) in [6.07, 6.45) is -0.263. The van der Waals surface area contributed by atoms with E-state index in [1.807, 2.05) is 45.0 Å². The number of hydrogen-bond donors (Lipinski definition) is 1. The summed E-state index contributed by atoms with van der Waals surface area (Å²) in [5.41, 5.74) is 2.76. The van der Waals surface area contributed by atoms with Gasteiger partial charge in [-0.15, -0.1) is 0 Å².